The van der Waals surface area contributed by atoms with Gasteiger partial charge in [-0.2, -0.15) is 0 Å². The molecule has 0 amide bonds. The molecule has 0 aromatic rings. The van der Waals surface area contributed by atoms with E-state index in [1.165, 1.54) is 0 Å². The summed E-state index contributed by atoms with van der Waals surface area (Å²) in [5.41, 5.74) is 0. The number of unbranched alkanes of at least 4 members (excludes halogenated alkanes) is 1. The Morgan fingerprint density at radius 2 is 0.639 bits per heavy atom. The predicted molar refractivity (Wildman–Crippen MR) is 129 cm³/mol. The van der Waals surface area contributed by atoms with E-state index in [1.807, 2.05) is 0 Å². The molecule has 0 aliphatic carbocycles. The van der Waals surface area contributed by atoms with Crippen LogP contribution in [0.15, 0.2) is 0 Å². The minimum Gasteiger partial charge on any atom is -0.463 e. The molecule has 0 rings (SSSR count). The van der Waals surface area contributed by atoms with Gasteiger partial charge in [-0.15, -0.1) is 0 Å². The van der Waals surface area contributed by atoms with Gasteiger partial charge < -0.3 is 47.4 Å². The van der Waals surface area contributed by atoms with Gasteiger partial charge in [0.1, 0.15) is 13.2 Å². The number of hydrogen-bond acceptors (Lipinski definition) is 12. The highest BCUT2D eigenvalue weighted by atomic mass is 16.6. The highest BCUT2D eigenvalue weighted by Gasteiger charge is 2.06. The molecular formula is C24H46O12. The smallest absolute Gasteiger partial charge is 0.305 e. The highest BCUT2D eigenvalue weighted by molar-refractivity contribution is 5.70. The van der Waals surface area contributed by atoms with Crippen molar-refractivity contribution in [2.24, 2.45) is 0 Å². The maximum Gasteiger partial charge on any atom is 0.305 e. The van der Waals surface area contributed by atoms with Gasteiger partial charge in [-0.1, -0.05) is 0 Å². The lowest BCUT2D eigenvalue weighted by molar-refractivity contribution is -0.147. The molecule has 0 unspecified atom stereocenters. The number of carbonyl (C=O) groups excluding carboxylic acids is 2. The van der Waals surface area contributed by atoms with Crippen LogP contribution < -0.4 is 0 Å². The lowest BCUT2D eigenvalue weighted by Crippen LogP contribution is -2.15. The Balaban J connectivity index is 3.26. The van der Waals surface area contributed by atoms with Crippen LogP contribution in [0.5, 0.6) is 0 Å². The van der Waals surface area contributed by atoms with Crippen molar-refractivity contribution in [2.75, 3.05) is 120 Å². The fourth-order valence-electron chi connectivity index (χ4n) is 2.48. The number of methoxy groups -OCH3 is 2. The average molecular weight is 527 g/mol. The van der Waals surface area contributed by atoms with Gasteiger partial charge in [-0.25, -0.2) is 0 Å². The van der Waals surface area contributed by atoms with Crippen molar-refractivity contribution in [3.05, 3.63) is 0 Å². The molecular weight excluding hydrogens is 480 g/mol. The van der Waals surface area contributed by atoms with E-state index in [4.69, 9.17) is 47.4 Å². The van der Waals surface area contributed by atoms with E-state index in [1.54, 1.807) is 14.2 Å². The monoisotopic (exact) mass is 526 g/mol. The van der Waals surface area contributed by atoms with Crippen LogP contribution in [-0.2, 0) is 57.0 Å². The van der Waals surface area contributed by atoms with Gasteiger partial charge in [0.15, 0.2) is 0 Å². The topological polar surface area (TPSA) is 126 Å². The Labute approximate surface area is 215 Å². The first-order valence-corrected chi connectivity index (χ1v) is 12.5. The van der Waals surface area contributed by atoms with Crippen molar-refractivity contribution in [2.45, 2.75) is 25.7 Å². The van der Waals surface area contributed by atoms with Crippen LogP contribution >= 0.6 is 0 Å². The molecule has 214 valence electrons. The van der Waals surface area contributed by atoms with Crippen molar-refractivity contribution < 1.29 is 57.0 Å². The van der Waals surface area contributed by atoms with Crippen molar-refractivity contribution >= 4 is 11.9 Å². The fraction of sp³-hybridized carbons (Fsp3) is 0.917. The summed E-state index contributed by atoms with van der Waals surface area (Å²) in [5.74, 6) is -0.620. The molecule has 0 spiro atoms. The lowest BCUT2D eigenvalue weighted by Gasteiger charge is -2.08. The van der Waals surface area contributed by atoms with E-state index in [0.717, 1.165) is 0 Å². The quantitative estimate of drug-likeness (QED) is 0.102. The van der Waals surface area contributed by atoms with Crippen molar-refractivity contribution in [1.82, 2.24) is 0 Å². The first-order chi connectivity index (χ1) is 17.7. The van der Waals surface area contributed by atoms with Crippen LogP contribution in [0.1, 0.15) is 25.7 Å². The summed E-state index contributed by atoms with van der Waals surface area (Å²) in [6.45, 7) is 6.97. The third-order valence-electron chi connectivity index (χ3n) is 4.34. The zero-order chi connectivity index (χ0) is 26.4. The number of ether oxygens (including phenoxy) is 10. The molecule has 0 fully saturated rings. The van der Waals surface area contributed by atoms with Gasteiger partial charge in [0, 0.05) is 27.1 Å². The first-order valence-electron chi connectivity index (χ1n) is 12.5. The summed E-state index contributed by atoms with van der Waals surface area (Å²) in [7, 11) is 3.24. The highest BCUT2D eigenvalue weighted by Crippen LogP contribution is 2.03. The molecule has 0 aliphatic rings. The summed E-state index contributed by atoms with van der Waals surface area (Å²) < 4.78 is 51.8. The standard InChI is InChI=1S/C24H46O12/c1-27-7-9-29-11-13-31-14-15-32-16-18-34-20-22-36-24(26)6-4-3-5-23(25)35-21-19-33-17-12-30-10-8-28-2/h3-22H2,1-2H3. The molecule has 0 saturated heterocycles. The second kappa shape index (κ2) is 29.8. The summed E-state index contributed by atoms with van der Waals surface area (Å²) in [4.78, 5) is 23.3. The number of esters is 2. The van der Waals surface area contributed by atoms with Crippen molar-refractivity contribution in [3.8, 4) is 0 Å². The fourth-order valence-corrected chi connectivity index (χ4v) is 2.48. The van der Waals surface area contributed by atoms with E-state index in [2.05, 4.69) is 0 Å². The first kappa shape index (κ1) is 34.6. The summed E-state index contributed by atoms with van der Waals surface area (Å²) in [6.07, 6.45) is 1.61. The minimum absolute atomic E-state index is 0.185. The molecule has 0 saturated carbocycles. The Morgan fingerprint density at radius 3 is 0.917 bits per heavy atom. The molecule has 0 bridgehead atoms. The number of hydrogen-bond donors (Lipinski definition) is 0. The average Bonchev–Trinajstić information content (AvgIpc) is 2.88. The summed E-state index contributed by atoms with van der Waals surface area (Å²) >= 11 is 0. The molecule has 0 atom stereocenters. The molecule has 12 heteroatoms. The van der Waals surface area contributed by atoms with E-state index >= 15 is 0 Å². The van der Waals surface area contributed by atoms with E-state index in [-0.39, 0.29) is 38.0 Å². The number of rotatable bonds is 29. The van der Waals surface area contributed by atoms with Crippen LogP contribution in [0.3, 0.4) is 0 Å². The van der Waals surface area contributed by atoms with E-state index < -0.39 is 0 Å². The minimum atomic E-state index is -0.312. The molecule has 0 heterocycles. The van der Waals surface area contributed by atoms with Crippen LogP contribution in [0.25, 0.3) is 0 Å². The normalized spacial score (nSPS) is 11.1. The van der Waals surface area contributed by atoms with Crippen molar-refractivity contribution in [1.29, 1.82) is 0 Å². The Morgan fingerprint density at radius 1 is 0.389 bits per heavy atom. The molecule has 36 heavy (non-hydrogen) atoms. The SMILES string of the molecule is COCCOCCOCCOCCOCCOC(=O)CCCCC(=O)OCCOCCOCCOC. The van der Waals surface area contributed by atoms with Gasteiger partial charge >= 0.3 is 11.9 Å². The Kier molecular flexibility index (Phi) is 28.7. The second-order valence-electron chi connectivity index (χ2n) is 7.31. The zero-order valence-corrected chi connectivity index (χ0v) is 22.0. The number of carbonyl (C=O) groups is 2. The second-order valence-corrected chi connectivity index (χ2v) is 7.31. The van der Waals surface area contributed by atoms with Gasteiger partial charge in [0.2, 0.25) is 0 Å². The van der Waals surface area contributed by atoms with Gasteiger partial charge in [0.25, 0.3) is 0 Å². The van der Waals surface area contributed by atoms with Crippen LogP contribution in [0.2, 0.25) is 0 Å². The van der Waals surface area contributed by atoms with Gasteiger partial charge in [-0.3, -0.25) is 9.59 Å². The molecule has 0 aliphatic heterocycles. The lowest BCUT2D eigenvalue weighted by atomic mass is 10.2. The maximum absolute atomic E-state index is 11.7. The van der Waals surface area contributed by atoms with E-state index in [9.17, 15) is 9.59 Å². The van der Waals surface area contributed by atoms with Crippen LogP contribution in [0, 0.1) is 0 Å². The van der Waals surface area contributed by atoms with E-state index in [0.29, 0.717) is 105 Å². The summed E-state index contributed by atoms with van der Waals surface area (Å²) in [5, 5.41) is 0. The zero-order valence-electron chi connectivity index (χ0n) is 22.0. The van der Waals surface area contributed by atoms with Crippen molar-refractivity contribution in [3.63, 3.8) is 0 Å². The molecule has 0 radical (unpaired) electrons. The molecule has 0 aromatic heterocycles. The van der Waals surface area contributed by atoms with Crippen LogP contribution in [0.4, 0.5) is 0 Å². The molecule has 0 N–H and O–H groups in total. The Bertz CT molecular complexity index is 478. The largest absolute Gasteiger partial charge is 0.463 e. The molecule has 0 aromatic carbocycles. The molecule has 12 nitrogen and oxygen atoms in total. The third-order valence-corrected chi connectivity index (χ3v) is 4.34. The summed E-state index contributed by atoms with van der Waals surface area (Å²) in [6, 6.07) is 0. The van der Waals surface area contributed by atoms with Gasteiger partial charge in [-0.05, 0) is 12.8 Å². The van der Waals surface area contributed by atoms with Crippen LogP contribution in [-0.4, -0.2) is 132 Å². The third kappa shape index (κ3) is 28.9. The maximum atomic E-state index is 11.7. The van der Waals surface area contributed by atoms with Gasteiger partial charge in [0.05, 0.1) is 92.5 Å². The Hall–Kier alpha value is -1.38. The predicted octanol–water partition coefficient (Wildman–Crippen LogP) is 1.03.